The van der Waals surface area contributed by atoms with Crippen LogP contribution in [-0.4, -0.2) is 41.3 Å². The van der Waals surface area contributed by atoms with Gasteiger partial charge in [0.2, 0.25) is 5.91 Å². The lowest BCUT2D eigenvalue weighted by molar-refractivity contribution is -0.146. The predicted molar refractivity (Wildman–Crippen MR) is 88.1 cm³/mol. The van der Waals surface area contributed by atoms with Crippen molar-refractivity contribution >= 4 is 23.5 Å². The number of hydrogen-bond donors (Lipinski definition) is 2. The highest BCUT2D eigenvalue weighted by Gasteiger charge is 2.59. The molecule has 2 aliphatic heterocycles. The van der Waals surface area contributed by atoms with Gasteiger partial charge >= 0.3 is 11.9 Å². The molecule has 1 saturated heterocycles. The summed E-state index contributed by atoms with van der Waals surface area (Å²) in [5, 5.41) is 12.1. The van der Waals surface area contributed by atoms with Gasteiger partial charge in [0.1, 0.15) is 5.92 Å². The second-order valence-corrected chi connectivity index (χ2v) is 6.26. The van der Waals surface area contributed by atoms with Crippen molar-refractivity contribution in [1.82, 2.24) is 0 Å². The molecule has 132 valence electrons. The smallest absolute Gasteiger partial charge is 0.338 e. The van der Waals surface area contributed by atoms with Crippen LogP contribution in [0.4, 0.5) is 5.69 Å². The molecule has 3 rings (SSSR count). The molecule has 7 nitrogen and oxygen atoms in total. The first-order valence-electron chi connectivity index (χ1n) is 8.04. The van der Waals surface area contributed by atoms with Gasteiger partial charge in [0.25, 0.3) is 0 Å². The summed E-state index contributed by atoms with van der Waals surface area (Å²) in [5.74, 6) is -3.81. The number of carboxylic acid groups (broad SMARTS) is 1. The van der Waals surface area contributed by atoms with E-state index < -0.39 is 41.4 Å². The molecule has 7 heteroatoms. The van der Waals surface area contributed by atoms with E-state index in [1.54, 1.807) is 44.2 Å². The highest BCUT2D eigenvalue weighted by molar-refractivity contribution is 5.98. The van der Waals surface area contributed by atoms with Crippen LogP contribution in [0.2, 0.25) is 0 Å². The molecule has 2 heterocycles. The van der Waals surface area contributed by atoms with Crippen LogP contribution < -0.4 is 5.32 Å². The number of carbonyl (C=O) groups excluding carboxylic acids is 2. The van der Waals surface area contributed by atoms with Crippen LogP contribution >= 0.6 is 0 Å². The first kappa shape index (κ1) is 17.2. The van der Waals surface area contributed by atoms with Crippen LogP contribution in [-0.2, 0) is 19.1 Å². The van der Waals surface area contributed by atoms with E-state index in [-0.39, 0.29) is 6.61 Å². The zero-order valence-corrected chi connectivity index (χ0v) is 13.9. The van der Waals surface area contributed by atoms with E-state index in [0.29, 0.717) is 11.3 Å². The number of carboxylic acids is 1. The van der Waals surface area contributed by atoms with E-state index in [0.717, 1.165) is 0 Å². The van der Waals surface area contributed by atoms with E-state index in [1.165, 1.54) is 6.07 Å². The van der Waals surface area contributed by atoms with Gasteiger partial charge in [-0.3, -0.25) is 9.59 Å². The third-order valence-corrected chi connectivity index (χ3v) is 4.55. The number of esters is 1. The van der Waals surface area contributed by atoms with Crippen molar-refractivity contribution in [3.05, 3.63) is 42.0 Å². The SMILES string of the molecule is CCOC(=O)c1cccc(NC(=O)[C@@H]2[C@@H](C(=O)O)[C@H]3C=C[C@@]2(C)O3)c1. The molecular formula is C18H19NO6. The maximum Gasteiger partial charge on any atom is 0.338 e. The molecule has 0 radical (unpaired) electrons. The number of fused-ring (bicyclic) bond motifs is 2. The topological polar surface area (TPSA) is 102 Å². The number of nitrogens with one attached hydrogen (secondary N) is 1. The Bertz CT molecular complexity index is 758. The van der Waals surface area contributed by atoms with Gasteiger partial charge in [-0.15, -0.1) is 0 Å². The first-order chi connectivity index (χ1) is 11.9. The molecule has 0 aromatic heterocycles. The van der Waals surface area contributed by atoms with Crippen molar-refractivity contribution in [2.45, 2.75) is 25.6 Å². The molecule has 1 aromatic carbocycles. The maximum absolute atomic E-state index is 12.7. The fraction of sp³-hybridized carbons (Fsp3) is 0.389. The predicted octanol–water partition coefficient (Wildman–Crippen LogP) is 1.85. The van der Waals surface area contributed by atoms with Crippen LogP contribution in [0.1, 0.15) is 24.2 Å². The zero-order chi connectivity index (χ0) is 18.2. The molecule has 0 saturated carbocycles. The van der Waals surface area contributed by atoms with Gasteiger partial charge in [-0.2, -0.15) is 0 Å². The summed E-state index contributed by atoms with van der Waals surface area (Å²) in [4.78, 5) is 36.1. The van der Waals surface area contributed by atoms with Crippen LogP contribution in [0, 0.1) is 11.8 Å². The number of anilines is 1. The minimum atomic E-state index is -1.07. The van der Waals surface area contributed by atoms with E-state index >= 15 is 0 Å². The monoisotopic (exact) mass is 345 g/mol. The Balaban J connectivity index is 1.80. The van der Waals surface area contributed by atoms with Gasteiger partial charge < -0.3 is 19.9 Å². The Hall–Kier alpha value is -2.67. The summed E-state index contributed by atoms with van der Waals surface area (Å²) in [5.41, 5.74) is -0.240. The average Bonchev–Trinajstić information content (AvgIpc) is 3.08. The largest absolute Gasteiger partial charge is 0.481 e. The summed E-state index contributed by atoms with van der Waals surface area (Å²) in [6, 6.07) is 6.33. The molecule has 0 aliphatic carbocycles. The lowest BCUT2D eigenvalue weighted by Gasteiger charge is -2.27. The summed E-state index contributed by atoms with van der Waals surface area (Å²) in [6.07, 6.45) is 2.81. The highest BCUT2D eigenvalue weighted by atomic mass is 16.5. The lowest BCUT2D eigenvalue weighted by Crippen LogP contribution is -2.44. The Morgan fingerprint density at radius 2 is 2.12 bits per heavy atom. The number of carbonyl (C=O) groups is 3. The van der Waals surface area contributed by atoms with Crippen molar-refractivity contribution in [2.75, 3.05) is 11.9 Å². The number of amides is 1. The molecular weight excluding hydrogens is 326 g/mol. The Kier molecular flexibility index (Phi) is 4.34. The van der Waals surface area contributed by atoms with Crippen LogP contribution in [0.5, 0.6) is 0 Å². The minimum absolute atomic E-state index is 0.251. The van der Waals surface area contributed by atoms with Crippen LogP contribution in [0.15, 0.2) is 36.4 Å². The van der Waals surface area contributed by atoms with Gasteiger partial charge in [-0.25, -0.2) is 4.79 Å². The summed E-state index contributed by atoms with van der Waals surface area (Å²) in [6.45, 7) is 3.66. The number of rotatable bonds is 5. The zero-order valence-electron chi connectivity index (χ0n) is 13.9. The molecule has 2 N–H and O–H groups in total. The number of hydrogen-bond acceptors (Lipinski definition) is 5. The maximum atomic E-state index is 12.7. The quantitative estimate of drug-likeness (QED) is 0.624. The molecule has 25 heavy (non-hydrogen) atoms. The average molecular weight is 345 g/mol. The third-order valence-electron chi connectivity index (χ3n) is 4.55. The van der Waals surface area contributed by atoms with E-state index in [2.05, 4.69) is 5.32 Å². The molecule has 1 aromatic rings. The van der Waals surface area contributed by atoms with E-state index in [1.807, 2.05) is 0 Å². The Labute approximate surface area is 144 Å². The third kappa shape index (κ3) is 3.02. The Morgan fingerprint density at radius 1 is 1.36 bits per heavy atom. The molecule has 1 amide bonds. The second kappa shape index (κ2) is 6.33. The van der Waals surface area contributed by atoms with Crippen molar-refractivity contribution in [2.24, 2.45) is 11.8 Å². The van der Waals surface area contributed by atoms with Gasteiger partial charge in [0, 0.05) is 5.69 Å². The summed E-state index contributed by atoms with van der Waals surface area (Å²) < 4.78 is 10.6. The molecule has 1 fully saturated rings. The van der Waals surface area contributed by atoms with Crippen molar-refractivity contribution < 1.29 is 29.0 Å². The van der Waals surface area contributed by atoms with Gasteiger partial charge in [0.05, 0.1) is 29.8 Å². The number of aliphatic carboxylic acids is 1. The summed E-state index contributed by atoms with van der Waals surface area (Å²) >= 11 is 0. The fourth-order valence-electron chi connectivity index (χ4n) is 3.44. The first-order valence-corrected chi connectivity index (χ1v) is 8.04. The van der Waals surface area contributed by atoms with Crippen LogP contribution in [0.3, 0.4) is 0 Å². The van der Waals surface area contributed by atoms with Crippen molar-refractivity contribution in [3.63, 3.8) is 0 Å². The normalized spacial score (nSPS) is 29.4. The van der Waals surface area contributed by atoms with Gasteiger partial charge in [0.15, 0.2) is 0 Å². The second-order valence-electron chi connectivity index (χ2n) is 6.26. The van der Waals surface area contributed by atoms with E-state index in [9.17, 15) is 19.5 Å². The van der Waals surface area contributed by atoms with Crippen molar-refractivity contribution in [1.29, 1.82) is 0 Å². The van der Waals surface area contributed by atoms with Gasteiger partial charge in [-0.1, -0.05) is 18.2 Å². The fourth-order valence-corrected chi connectivity index (χ4v) is 3.44. The van der Waals surface area contributed by atoms with Crippen LogP contribution in [0.25, 0.3) is 0 Å². The molecule has 2 aliphatic rings. The number of benzene rings is 1. The molecule has 0 spiro atoms. The molecule has 0 unspecified atom stereocenters. The molecule has 2 bridgehead atoms. The van der Waals surface area contributed by atoms with E-state index in [4.69, 9.17) is 9.47 Å². The van der Waals surface area contributed by atoms with Crippen molar-refractivity contribution in [3.8, 4) is 0 Å². The summed E-state index contributed by atoms with van der Waals surface area (Å²) in [7, 11) is 0. The van der Waals surface area contributed by atoms with Gasteiger partial charge in [-0.05, 0) is 32.0 Å². The lowest BCUT2D eigenvalue weighted by atomic mass is 9.75. The Morgan fingerprint density at radius 3 is 2.80 bits per heavy atom. The minimum Gasteiger partial charge on any atom is -0.481 e. The standard InChI is InChI=1S/C18H19NO6/c1-3-24-17(23)10-5-4-6-11(9-10)19-15(20)14-13(16(21)22)12-7-8-18(14,2)25-12/h4-9,12-14H,3H2,1-2H3,(H,19,20)(H,21,22)/t12-,13+,14+,18-/m1/s1. The molecule has 4 atom stereocenters. The number of ether oxygens (including phenoxy) is 2. The highest BCUT2D eigenvalue weighted by Crippen LogP contribution is 2.47.